The van der Waals surface area contributed by atoms with Gasteiger partial charge in [-0.3, -0.25) is 4.79 Å². The molecule has 1 aromatic carbocycles. The van der Waals surface area contributed by atoms with Crippen LogP contribution in [0.1, 0.15) is 37.9 Å². The number of carbonyl (C=O) groups excluding carboxylic acids is 1. The van der Waals surface area contributed by atoms with Gasteiger partial charge in [-0.05, 0) is 18.1 Å². The van der Waals surface area contributed by atoms with E-state index in [0.29, 0.717) is 12.2 Å². The lowest BCUT2D eigenvalue weighted by Gasteiger charge is -2.22. The third kappa shape index (κ3) is 4.37. The molecule has 0 saturated carbocycles. The molecule has 0 spiro atoms. The van der Waals surface area contributed by atoms with Crippen molar-refractivity contribution in [2.75, 3.05) is 6.61 Å². The average molecular weight is 302 g/mol. The number of unbranched alkanes of at least 4 members (excludes halogenated alkanes) is 1. The Morgan fingerprint density at radius 2 is 2.05 bits per heavy atom. The van der Waals surface area contributed by atoms with Gasteiger partial charge in [-0.1, -0.05) is 55.8 Å². The zero-order chi connectivity index (χ0) is 16.0. The van der Waals surface area contributed by atoms with Crippen molar-refractivity contribution in [2.45, 2.75) is 38.1 Å². The van der Waals surface area contributed by atoms with E-state index in [-0.39, 0.29) is 12.2 Å². The summed E-state index contributed by atoms with van der Waals surface area (Å²) in [7, 11) is 0. The monoisotopic (exact) mass is 302 g/mol. The highest BCUT2D eigenvalue weighted by molar-refractivity contribution is 6.02. The molecule has 22 heavy (non-hydrogen) atoms. The summed E-state index contributed by atoms with van der Waals surface area (Å²) < 4.78 is 5.79. The van der Waals surface area contributed by atoms with Crippen molar-refractivity contribution in [3.8, 4) is 0 Å². The number of rotatable bonds is 7. The number of Topliss-reactive ketones (excluding diaryl/α,β-unsaturated/α-hetero) is 1. The average Bonchev–Trinajstić information content (AvgIpc) is 2.52. The van der Waals surface area contributed by atoms with Crippen molar-refractivity contribution < 1.29 is 19.7 Å². The van der Waals surface area contributed by atoms with Gasteiger partial charge in [0.2, 0.25) is 0 Å². The standard InChI is InChI=1S/C18H22O4/c1-2-3-13-22-17(15-7-5-4-6-8-15)16(19)14-9-11-18(20,21)12-10-14/h4-11,17,20-21H,2-3,12-13H2,1H3. The highest BCUT2D eigenvalue weighted by Gasteiger charge is 2.28. The molecule has 0 fully saturated rings. The van der Waals surface area contributed by atoms with Gasteiger partial charge in [0.25, 0.3) is 0 Å². The van der Waals surface area contributed by atoms with Gasteiger partial charge in [0.1, 0.15) is 6.10 Å². The molecule has 1 aliphatic rings. The van der Waals surface area contributed by atoms with E-state index >= 15 is 0 Å². The quantitative estimate of drug-likeness (QED) is 0.600. The maximum atomic E-state index is 12.7. The fourth-order valence-electron chi connectivity index (χ4n) is 2.25. The van der Waals surface area contributed by atoms with Gasteiger partial charge in [-0.25, -0.2) is 0 Å². The topological polar surface area (TPSA) is 66.8 Å². The molecule has 0 saturated heterocycles. The Hall–Kier alpha value is -1.75. The van der Waals surface area contributed by atoms with Crippen LogP contribution < -0.4 is 0 Å². The maximum absolute atomic E-state index is 12.7. The van der Waals surface area contributed by atoms with Gasteiger partial charge >= 0.3 is 0 Å². The third-order valence-corrected chi connectivity index (χ3v) is 3.56. The molecule has 118 valence electrons. The number of ketones is 1. The molecule has 4 nitrogen and oxygen atoms in total. The molecule has 0 bridgehead atoms. The van der Waals surface area contributed by atoms with Gasteiger partial charge in [0, 0.05) is 18.6 Å². The summed E-state index contributed by atoms with van der Waals surface area (Å²) in [5.74, 6) is -2.02. The molecule has 1 aliphatic carbocycles. The molecular formula is C18H22O4. The zero-order valence-corrected chi connectivity index (χ0v) is 12.7. The predicted octanol–water partition coefficient (Wildman–Crippen LogP) is 2.68. The Bertz CT molecular complexity index is 558. The molecule has 1 unspecified atom stereocenters. The van der Waals surface area contributed by atoms with Crippen molar-refractivity contribution in [1.29, 1.82) is 0 Å². The van der Waals surface area contributed by atoms with Crippen LogP contribution in [0.3, 0.4) is 0 Å². The van der Waals surface area contributed by atoms with Crippen LogP contribution in [0.5, 0.6) is 0 Å². The minimum absolute atomic E-state index is 0.00103. The van der Waals surface area contributed by atoms with Crippen LogP contribution in [-0.2, 0) is 9.53 Å². The first-order valence-corrected chi connectivity index (χ1v) is 7.58. The van der Waals surface area contributed by atoms with Crippen molar-refractivity contribution >= 4 is 5.78 Å². The summed E-state index contributed by atoms with van der Waals surface area (Å²) >= 11 is 0. The lowest BCUT2D eigenvalue weighted by Crippen LogP contribution is -2.27. The van der Waals surface area contributed by atoms with E-state index in [9.17, 15) is 15.0 Å². The molecule has 0 aliphatic heterocycles. The number of carbonyl (C=O) groups is 1. The normalized spacial score (nSPS) is 17.9. The van der Waals surface area contributed by atoms with Crippen molar-refractivity contribution in [3.05, 3.63) is 59.7 Å². The van der Waals surface area contributed by atoms with Crippen LogP contribution in [0.2, 0.25) is 0 Å². The molecule has 0 radical (unpaired) electrons. The minimum atomic E-state index is -1.87. The first-order chi connectivity index (χ1) is 10.5. The van der Waals surface area contributed by atoms with Crippen LogP contribution in [0.15, 0.2) is 54.1 Å². The van der Waals surface area contributed by atoms with E-state index in [1.807, 2.05) is 30.3 Å². The molecule has 4 heteroatoms. The lowest BCUT2D eigenvalue weighted by atomic mass is 9.94. The largest absolute Gasteiger partial charge is 0.365 e. The molecule has 0 heterocycles. The molecule has 2 N–H and O–H groups in total. The predicted molar refractivity (Wildman–Crippen MR) is 84.1 cm³/mol. The molecule has 0 amide bonds. The Morgan fingerprint density at radius 1 is 1.32 bits per heavy atom. The number of ether oxygens (including phenoxy) is 1. The number of hydrogen-bond donors (Lipinski definition) is 2. The first-order valence-electron chi connectivity index (χ1n) is 7.58. The fourth-order valence-corrected chi connectivity index (χ4v) is 2.25. The van der Waals surface area contributed by atoms with Gasteiger partial charge in [-0.2, -0.15) is 0 Å². The fraction of sp³-hybridized carbons (Fsp3) is 0.389. The number of hydrogen-bond acceptors (Lipinski definition) is 4. The van der Waals surface area contributed by atoms with Crippen LogP contribution >= 0.6 is 0 Å². The summed E-state index contributed by atoms with van der Waals surface area (Å²) in [6.07, 6.45) is 5.45. The first kappa shape index (κ1) is 16.6. The van der Waals surface area contributed by atoms with Gasteiger partial charge < -0.3 is 14.9 Å². The van der Waals surface area contributed by atoms with E-state index in [1.165, 1.54) is 12.2 Å². The van der Waals surface area contributed by atoms with Gasteiger partial charge in [-0.15, -0.1) is 0 Å². The van der Waals surface area contributed by atoms with Gasteiger partial charge in [0.05, 0.1) is 0 Å². The van der Waals surface area contributed by atoms with E-state index in [1.54, 1.807) is 6.08 Å². The zero-order valence-electron chi connectivity index (χ0n) is 12.7. The molecule has 2 rings (SSSR count). The highest BCUT2D eigenvalue weighted by atomic mass is 16.5. The molecule has 0 aromatic heterocycles. The second-order valence-corrected chi connectivity index (χ2v) is 5.45. The Morgan fingerprint density at radius 3 is 2.64 bits per heavy atom. The lowest BCUT2D eigenvalue weighted by molar-refractivity contribution is -0.127. The van der Waals surface area contributed by atoms with Gasteiger partial charge in [0.15, 0.2) is 11.6 Å². The van der Waals surface area contributed by atoms with E-state index in [0.717, 1.165) is 18.4 Å². The third-order valence-electron chi connectivity index (χ3n) is 3.56. The second-order valence-electron chi connectivity index (χ2n) is 5.45. The van der Waals surface area contributed by atoms with Crippen molar-refractivity contribution in [2.24, 2.45) is 0 Å². The van der Waals surface area contributed by atoms with Crippen LogP contribution in [0.4, 0.5) is 0 Å². The summed E-state index contributed by atoms with van der Waals surface area (Å²) in [6, 6.07) is 9.36. The Balaban J connectivity index is 2.16. The van der Waals surface area contributed by atoms with Crippen molar-refractivity contribution in [3.63, 3.8) is 0 Å². The number of aliphatic hydroxyl groups is 2. The summed E-state index contributed by atoms with van der Waals surface area (Å²) in [5.41, 5.74) is 1.26. The Labute approximate surface area is 130 Å². The molecule has 1 atom stereocenters. The van der Waals surface area contributed by atoms with E-state index in [2.05, 4.69) is 6.92 Å². The molecule has 1 aromatic rings. The van der Waals surface area contributed by atoms with Crippen LogP contribution in [0, 0.1) is 0 Å². The van der Waals surface area contributed by atoms with E-state index in [4.69, 9.17) is 4.74 Å². The smallest absolute Gasteiger partial charge is 0.195 e. The summed E-state index contributed by atoms with van der Waals surface area (Å²) in [6.45, 7) is 2.58. The molecular weight excluding hydrogens is 280 g/mol. The van der Waals surface area contributed by atoms with E-state index < -0.39 is 11.9 Å². The second kappa shape index (κ2) is 7.49. The minimum Gasteiger partial charge on any atom is -0.365 e. The number of benzene rings is 1. The Kier molecular flexibility index (Phi) is 5.66. The summed E-state index contributed by atoms with van der Waals surface area (Å²) in [5, 5.41) is 19.0. The van der Waals surface area contributed by atoms with Crippen molar-refractivity contribution in [1.82, 2.24) is 0 Å². The highest BCUT2D eigenvalue weighted by Crippen LogP contribution is 2.26. The maximum Gasteiger partial charge on any atom is 0.195 e. The summed E-state index contributed by atoms with van der Waals surface area (Å²) in [4.78, 5) is 12.7. The SMILES string of the molecule is CCCCOC(C(=O)C1=CCC(O)(O)C=C1)c1ccccc1. The number of allylic oxidation sites excluding steroid dienone is 1. The van der Waals surface area contributed by atoms with Crippen LogP contribution in [-0.4, -0.2) is 28.4 Å². The van der Waals surface area contributed by atoms with Crippen LogP contribution in [0.25, 0.3) is 0 Å².